The first-order valence-corrected chi connectivity index (χ1v) is 11.2. The lowest BCUT2D eigenvalue weighted by molar-refractivity contribution is 0.0965. The lowest BCUT2D eigenvalue weighted by Crippen LogP contribution is -2.34. The van der Waals surface area contributed by atoms with E-state index in [1.807, 2.05) is 12.3 Å². The summed E-state index contributed by atoms with van der Waals surface area (Å²) in [6.07, 6.45) is 9.66. The second-order valence-corrected chi connectivity index (χ2v) is 8.60. The van der Waals surface area contributed by atoms with Crippen LogP contribution in [-0.2, 0) is 0 Å². The minimum Gasteiger partial charge on any atom is -0.380 e. The summed E-state index contributed by atoms with van der Waals surface area (Å²) in [7, 11) is 0. The third-order valence-corrected chi connectivity index (χ3v) is 6.22. The molecule has 1 amide bonds. The number of halogens is 2. The number of dihydropyridines is 1. The van der Waals surface area contributed by atoms with Crippen LogP contribution in [0.1, 0.15) is 23.2 Å². The predicted octanol–water partition coefficient (Wildman–Crippen LogP) is 4.85. The van der Waals surface area contributed by atoms with Crippen LogP contribution in [0.3, 0.4) is 0 Å². The lowest BCUT2D eigenvalue weighted by Gasteiger charge is -2.27. The fourth-order valence-corrected chi connectivity index (χ4v) is 4.43. The van der Waals surface area contributed by atoms with E-state index in [2.05, 4.69) is 15.5 Å². The molecule has 2 aliphatic heterocycles. The van der Waals surface area contributed by atoms with Gasteiger partial charge >= 0.3 is 0 Å². The fourth-order valence-electron chi connectivity index (χ4n) is 4.43. The molecule has 33 heavy (non-hydrogen) atoms. The number of amides is 1. The van der Waals surface area contributed by atoms with Gasteiger partial charge in [-0.2, -0.15) is 0 Å². The molecule has 1 aliphatic carbocycles. The highest BCUT2D eigenvalue weighted by molar-refractivity contribution is 5.96. The summed E-state index contributed by atoms with van der Waals surface area (Å²) < 4.78 is 27.9. The molecule has 0 saturated carbocycles. The number of likely N-dealkylation sites (tertiary alicyclic amines) is 1. The van der Waals surface area contributed by atoms with E-state index in [1.54, 1.807) is 42.5 Å². The Labute approximate surface area is 192 Å². The van der Waals surface area contributed by atoms with E-state index >= 15 is 0 Å². The van der Waals surface area contributed by atoms with Crippen LogP contribution < -0.4 is 10.6 Å². The molecule has 2 aromatic rings. The molecule has 1 unspecified atom stereocenters. The van der Waals surface area contributed by atoms with E-state index in [-0.39, 0.29) is 23.5 Å². The van der Waals surface area contributed by atoms with Gasteiger partial charge in [0, 0.05) is 18.3 Å². The van der Waals surface area contributed by atoms with Gasteiger partial charge in [0.15, 0.2) is 0 Å². The zero-order valence-corrected chi connectivity index (χ0v) is 18.2. The van der Waals surface area contributed by atoms with Crippen molar-refractivity contribution in [3.05, 3.63) is 107 Å². The molecule has 1 fully saturated rings. The lowest BCUT2D eigenvalue weighted by atomic mass is 9.94. The van der Waals surface area contributed by atoms with Gasteiger partial charge < -0.3 is 10.6 Å². The summed E-state index contributed by atoms with van der Waals surface area (Å²) in [5.41, 5.74) is 4.29. The van der Waals surface area contributed by atoms with Gasteiger partial charge in [0.2, 0.25) is 0 Å². The quantitative estimate of drug-likeness (QED) is 0.692. The van der Waals surface area contributed by atoms with E-state index in [0.29, 0.717) is 5.56 Å². The number of benzene rings is 2. The number of hydrogen-bond donors (Lipinski definition) is 2. The summed E-state index contributed by atoms with van der Waals surface area (Å²) in [6.45, 7) is 3.07. The van der Waals surface area contributed by atoms with Crippen molar-refractivity contribution in [3.63, 3.8) is 0 Å². The van der Waals surface area contributed by atoms with Crippen molar-refractivity contribution in [1.29, 1.82) is 0 Å². The van der Waals surface area contributed by atoms with Crippen LogP contribution in [0.4, 0.5) is 8.78 Å². The van der Waals surface area contributed by atoms with Crippen LogP contribution in [0, 0.1) is 5.82 Å². The number of fused-ring (bicyclic) bond motifs is 1. The number of nitrogens with one attached hydrogen (secondary N) is 2. The Kier molecular flexibility index (Phi) is 5.92. The minimum absolute atomic E-state index is 0.161. The van der Waals surface area contributed by atoms with Crippen molar-refractivity contribution >= 4 is 5.91 Å². The molecule has 5 rings (SSSR count). The Morgan fingerprint density at radius 1 is 0.970 bits per heavy atom. The van der Waals surface area contributed by atoms with Gasteiger partial charge in [-0.25, -0.2) is 8.78 Å². The highest BCUT2D eigenvalue weighted by Gasteiger charge is 2.24. The van der Waals surface area contributed by atoms with Crippen LogP contribution >= 0.6 is 0 Å². The third-order valence-electron chi connectivity index (χ3n) is 6.22. The highest BCUT2D eigenvalue weighted by Crippen LogP contribution is 2.27. The molecule has 2 N–H and O–H groups in total. The standard InChI is InChI=1S/C27H25F2N3O/c28-23-9-7-20(8-10-23)19-3-5-21(6-4-19)27(33)31-26-15-25-22(14-24(26)29)13-18(16-30-25)17-32-11-1-2-12-32/h3-10,13-16,25,30H,1-2,11-12,17H2,(H,31,33). The average Bonchev–Trinajstić information content (AvgIpc) is 3.33. The van der Waals surface area contributed by atoms with E-state index in [9.17, 15) is 13.6 Å². The summed E-state index contributed by atoms with van der Waals surface area (Å²) in [5.74, 6) is -1.14. The monoisotopic (exact) mass is 445 g/mol. The topological polar surface area (TPSA) is 44.4 Å². The molecule has 0 spiro atoms. The molecule has 0 radical (unpaired) electrons. The number of carbonyl (C=O) groups is 1. The van der Waals surface area contributed by atoms with Crippen molar-refractivity contribution in [3.8, 4) is 11.1 Å². The Balaban J connectivity index is 1.24. The van der Waals surface area contributed by atoms with Gasteiger partial charge in [0.05, 0.1) is 11.7 Å². The second-order valence-electron chi connectivity index (χ2n) is 8.60. The maximum Gasteiger partial charge on any atom is 0.255 e. The summed E-state index contributed by atoms with van der Waals surface area (Å²) in [6, 6.07) is 12.9. The number of rotatable bonds is 5. The number of allylic oxidation sites excluding steroid dienone is 1. The first kappa shape index (κ1) is 21.3. The van der Waals surface area contributed by atoms with Gasteiger partial charge in [-0.1, -0.05) is 30.3 Å². The van der Waals surface area contributed by atoms with Gasteiger partial charge in [-0.15, -0.1) is 0 Å². The highest BCUT2D eigenvalue weighted by atomic mass is 19.1. The fraction of sp³-hybridized carbons (Fsp3) is 0.222. The summed E-state index contributed by atoms with van der Waals surface area (Å²) >= 11 is 0. The van der Waals surface area contributed by atoms with Crippen LogP contribution in [0.5, 0.6) is 0 Å². The maximum absolute atomic E-state index is 14.8. The molecule has 1 saturated heterocycles. The van der Waals surface area contributed by atoms with E-state index < -0.39 is 5.83 Å². The van der Waals surface area contributed by atoms with E-state index in [0.717, 1.165) is 41.9 Å². The second kappa shape index (κ2) is 9.16. The van der Waals surface area contributed by atoms with Crippen LogP contribution in [0.2, 0.25) is 0 Å². The first-order chi connectivity index (χ1) is 16.0. The van der Waals surface area contributed by atoms with E-state index in [1.165, 1.54) is 31.1 Å². The molecule has 4 nitrogen and oxygen atoms in total. The van der Waals surface area contributed by atoms with Gasteiger partial charge in [0.25, 0.3) is 5.91 Å². The van der Waals surface area contributed by atoms with Crippen molar-refractivity contribution in [2.75, 3.05) is 19.6 Å². The van der Waals surface area contributed by atoms with Crippen LogP contribution in [0.25, 0.3) is 11.1 Å². The van der Waals surface area contributed by atoms with Gasteiger partial charge in [-0.3, -0.25) is 9.69 Å². The Morgan fingerprint density at radius 2 is 1.64 bits per heavy atom. The Hall–Kier alpha value is -3.51. The van der Waals surface area contributed by atoms with Crippen molar-refractivity contribution in [2.45, 2.75) is 18.9 Å². The summed E-state index contributed by atoms with van der Waals surface area (Å²) in [5, 5.41) is 6.00. The molecule has 0 bridgehead atoms. The number of nitrogens with zero attached hydrogens (tertiary/aromatic N) is 1. The zero-order chi connectivity index (χ0) is 22.8. The molecule has 168 valence electrons. The molecular weight excluding hydrogens is 420 g/mol. The molecular formula is C27H25F2N3O. The number of carbonyl (C=O) groups excluding carboxylic acids is 1. The Morgan fingerprint density at radius 3 is 2.33 bits per heavy atom. The SMILES string of the molecule is O=C(NC1=CC2NC=C(CN3CCCC3)C=C2C=C1F)c1ccc(-c2ccc(F)cc2)cc1. The van der Waals surface area contributed by atoms with Crippen LogP contribution in [0.15, 0.2) is 95.6 Å². The first-order valence-electron chi connectivity index (χ1n) is 11.2. The van der Waals surface area contributed by atoms with Crippen LogP contribution in [-0.4, -0.2) is 36.5 Å². The molecule has 2 aromatic carbocycles. The minimum atomic E-state index is -0.460. The zero-order valence-electron chi connectivity index (χ0n) is 18.2. The van der Waals surface area contributed by atoms with Crippen molar-refractivity contribution < 1.29 is 13.6 Å². The molecule has 3 aliphatic rings. The normalized spacial score (nSPS) is 20.1. The maximum atomic E-state index is 14.8. The molecule has 6 heteroatoms. The summed E-state index contributed by atoms with van der Waals surface area (Å²) in [4.78, 5) is 15.1. The molecule has 0 aromatic heterocycles. The van der Waals surface area contributed by atoms with Crippen molar-refractivity contribution in [2.24, 2.45) is 0 Å². The third kappa shape index (κ3) is 4.81. The Bertz CT molecular complexity index is 1170. The predicted molar refractivity (Wildman–Crippen MR) is 125 cm³/mol. The van der Waals surface area contributed by atoms with E-state index in [4.69, 9.17) is 0 Å². The average molecular weight is 446 g/mol. The molecule has 1 atom stereocenters. The van der Waals surface area contributed by atoms with Gasteiger partial charge in [0.1, 0.15) is 11.6 Å². The van der Waals surface area contributed by atoms with Gasteiger partial charge in [-0.05, 0) is 84.6 Å². The smallest absolute Gasteiger partial charge is 0.255 e. The van der Waals surface area contributed by atoms with Crippen molar-refractivity contribution in [1.82, 2.24) is 15.5 Å². The number of hydrogen-bond acceptors (Lipinski definition) is 3. The largest absolute Gasteiger partial charge is 0.380 e. The molecule has 2 heterocycles.